The van der Waals surface area contributed by atoms with E-state index in [0.29, 0.717) is 19.3 Å². The van der Waals surface area contributed by atoms with Crippen LogP contribution in [0.15, 0.2) is 122 Å². The van der Waals surface area contributed by atoms with Crippen molar-refractivity contribution in [3.8, 4) is 0 Å². The molecule has 1 aliphatic rings. The molecule has 0 spiro atoms. The van der Waals surface area contributed by atoms with Gasteiger partial charge in [-0.05, 0) is 89.9 Å². The van der Waals surface area contributed by atoms with Gasteiger partial charge < -0.3 is 40.3 Å². The molecular weight excluding hydrogens is 1010 g/mol. The molecule has 9 nitrogen and oxygen atoms in total. The van der Waals surface area contributed by atoms with Crippen molar-refractivity contribution in [1.29, 1.82) is 0 Å². The van der Waals surface area contributed by atoms with Crippen LogP contribution in [0.25, 0.3) is 0 Å². The first kappa shape index (κ1) is 75.6. The van der Waals surface area contributed by atoms with E-state index in [-0.39, 0.29) is 12.5 Å². The van der Waals surface area contributed by atoms with Crippen molar-refractivity contribution in [2.45, 2.75) is 314 Å². The van der Waals surface area contributed by atoms with Gasteiger partial charge in [-0.25, -0.2) is 0 Å². The average molecular weight is 1130 g/mol. The highest BCUT2D eigenvalue weighted by Crippen LogP contribution is 2.23. The Morgan fingerprint density at radius 2 is 0.765 bits per heavy atom. The number of allylic oxidation sites excluding steroid dienone is 20. The van der Waals surface area contributed by atoms with Crippen LogP contribution in [0.2, 0.25) is 0 Å². The van der Waals surface area contributed by atoms with E-state index in [2.05, 4.69) is 141 Å². The second kappa shape index (κ2) is 59.7. The van der Waals surface area contributed by atoms with Crippen molar-refractivity contribution in [2.75, 3.05) is 13.2 Å². The standard InChI is InChI=1S/C72H123NO8/c1-3-5-7-9-11-13-15-17-19-21-23-25-27-29-30-31-32-33-34-35-36-38-40-42-44-46-48-50-52-54-56-58-60-62-68(76)73-65(64-80-72-71(79)70(78)69(77)67(63-74)81-72)66(75)61-59-57-55-53-51-49-47-45-43-41-39-37-28-26-24-22-20-18-16-14-12-10-8-6-4-2/h5,7,11,13,17,19,23,25,29-30,32-33,35-36,40,42,46,48,52,54,65-67,69-72,74-75,77-79H,3-4,6,8-10,12,14-16,18,20-22,24,26-28,31,34,37-39,41,43-45,47,49-51,53,55-64H2,1-2H3,(H,73,76)/b7-5-,13-11-,19-17-,25-23-,30-29-,33-32-,36-35-,42-40-,48-46-,54-52-. The Morgan fingerprint density at radius 3 is 1.11 bits per heavy atom. The van der Waals surface area contributed by atoms with Gasteiger partial charge in [-0.15, -0.1) is 0 Å². The molecule has 81 heavy (non-hydrogen) atoms. The number of carbonyl (C=O) groups excluding carboxylic acids is 1. The van der Waals surface area contributed by atoms with Gasteiger partial charge in [-0.2, -0.15) is 0 Å². The quantitative estimate of drug-likeness (QED) is 0.0261. The first-order valence-corrected chi connectivity index (χ1v) is 33.2. The lowest BCUT2D eigenvalue weighted by Crippen LogP contribution is -2.60. The van der Waals surface area contributed by atoms with Gasteiger partial charge in [0.15, 0.2) is 6.29 Å². The zero-order valence-corrected chi connectivity index (χ0v) is 51.7. The molecule has 0 aromatic rings. The van der Waals surface area contributed by atoms with Gasteiger partial charge >= 0.3 is 0 Å². The molecule has 0 bridgehead atoms. The van der Waals surface area contributed by atoms with Gasteiger partial charge in [-0.1, -0.05) is 296 Å². The van der Waals surface area contributed by atoms with E-state index in [9.17, 15) is 30.3 Å². The van der Waals surface area contributed by atoms with Crippen LogP contribution < -0.4 is 5.32 Å². The van der Waals surface area contributed by atoms with Gasteiger partial charge in [0.2, 0.25) is 5.91 Å². The molecule has 1 fully saturated rings. The van der Waals surface area contributed by atoms with E-state index < -0.39 is 49.5 Å². The fourth-order valence-electron chi connectivity index (χ4n) is 9.90. The SMILES string of the molecule is CC/C=C\C/C=C\C/C=C\C/C=C\C/C=C\C/C=C\C/C=C\C/C=C\C/C=C\C/C=C\CCCCC(=O)NC(COC1OC(CO)C(O)C(O)C1O)C(O)CCCCCCCCCCCCCCCCCCCCCCCCCCC. The van der Waals surface area contributed by atoms with Crippen LogP contribution in [0.1, 0.15) is 271 Å². The number of nitrogens with one attached hydrogen (secondary N) is 1. The summed E-state index contributed by atoms with van der Waals surface area (Å²) in [6.07, 6.45) is 82.4. The minimum atomic E-state index is -1.57. The largest absolute Gasteiger partial charge is 0.394 e. The second-order valence-corrected chi connectivity index (χ2v) is 22.5. The van der Waals surface area contributed by atoms with Crippen LogP contribution in [0.3, 0.4) is 0 Å². The average Bonchev–Trinajstić information content (AvgIpc) is 3.50. The number of rotatable bonds is 56. The summed E-state index contributed by atoms with van der Waals surface area (Å²) < 4.78 is 11.3. The predicted molar refractivity (Wildman–Crippen MR) is 345 cm³/mol. The Morgan fingerprint density at radius 1 is 0.432 bits per heavy atom. The van der Waals surface area contributed by atoms with Gasteiger partial charge in [0.25, 0.3) is 0 Å². The van der Waals surface area contributed by atoms with Crippen LogP contribution in [-0.4, -0.2) is 87.5 Å². The number of aliphatic hydroxyl groups is 5. The molecule has 7 unspecified atom stereocenters. The van der Waals surface area contributed by atoms with Gasteiger partial charge in [0.05, 0.1) is 25.4 Å². The van der Waals surface area contributed by atoms with Crippen LogP contribution >= 0.6 is 0 Å². The van der Waals surface area contributed by atoms with Gasteiger partial charge in [0, 0.05) is 6.42 Å². The zero-order chi connectivity index (χ0) is 58.6. The molecule has 1 amide bonds. The summed E-state index contributed by atoms with van der Waals surface area (Å²) in [5.41, 5.74) is 0. The summed E-state index contributed by atoms with van der Waals surface area (Å²) in [5.74, 6) is -0.188. The lowest BCUT2D eigenvalue weighted by atomic mass is 9.99. The monoisotopic (exact) mass is 1130 g/mol. The van der Waals surface area contributed by atoms with Gasteiger partial charge in [-0.3, -0.25) is 4.79 Å². The maximum atomic E-state index is 13.1. The molecule has 1 heterocycles. The molecule has 0 aromatic heterocycles. The molecule has 464 valence electrons. The van der Waals surface area contributed by atoms with Crippen molar-refractivity contribution in [2.24, 2.45) is 0 Å². The fraction of sp³-hybridized carbons (Fsp3) is 0.708. The molecule has 1 saturated heterocycles. The maximum Gasteiger partial charge on any atom is 0.220 e. The van der Waals surface area contributed by atoms with E-state index in [1.807, 2.05) is 0 Å². The molecule has 0 saturated carbocycles. The summed E-state index contributed by atoms with van der Waals surface area (Å²) >= 11 is 0. The number of ether oxygens (including phenoxy) is 2. The third-order valence-electron chi connectivity index (χ3n) is 15.1. The topological polar surface area (TPSA) is 149 Å². The van der Waals surface area contributed by atoms with Crippen molar-refractivity contribution < 1.29 is 39.8 Å². The summed E-state index contributed by atoms with van der Waals surface area (Å²) in [6, 6.07) is -0.753. The van der Waals surface area contributed by atoms with Crippen LogP contribution in [0, 0.1) is 0 Å². The van der Waals surface area contributed by atoms with Crippen LogP contribution in [0.5, 0.6) is 0 Å². The van der Waals surface area contributed by atoms with Crippen molar-refractivity contribution in [1.82, 2.24) is 5.32 Å². The first-order chi connectivity index (χ1) is 39.8. The summed E-state index contributed by atoms with van der Waals surface area (Å²) in [5, 5.41) is 54.8. The van der Waals surface area contributed by atoms with E-state index in [1.54, 1.807) is 0 Å². The number of hydrogen-bond acceptors (Lipinski definition) is 8. The second-order valence-electron chi connectivity index (χ2n) is 22.5. The van der Waals surface area contributed by atoms with E-state index in [0.717, 1.165) is 96.3 Å². The number of unbranched alkanes of at least 4 members (excludes halogenated alkanes) is 26. The Hall–Kier alpha value is -3.41. The number of amides is 1. The van der Waals surface area contributed by atoms with E-state index in [4.69, 9.17) is 9.47 Å². The number of aliphatic hydroxyl groups excluding tert-OH is 5. The molecule has 0 aromatic carbocycles. The molecule has 1 rings (SSSR count). The number of hydrogen-bond donors (Lipinski definition) is 6. The molecular formula is C72H123NO8. The highest BCUT2D eigenvalue weighted by Gasteiger charge is 2.44. The summed E-state index contributed by atoms with van der Waals surface area (Å²) in [7, 11) is 0. The van der Waals surface area contributed by atoms with Gasteiger partial charge in [0.1, 0.15) is 24.4 Å². The Bertz CT molecular complexity index is 1690. The molecule has 0 aliphatic carbocycles. The summed E-state index contributed by atoms with van der Waals surface area (Å²) in [4.78, 5) is 13.1. The number of carbonyl (C=O) groups is 1. The lowest BCUT2D eigenvalue weighted by Gasteiger charge is -2.40. The lowest BCUT2D eigenvalue weighted by molar-refractivity contribution is -0.302. The van der Waals surface area contributed by atoms with Crippen molar-refractivity contribution in [3.63, 3.8) is 0 Å². The minimum absolute atomic E-state index is 0.163. The molecule has 9 heteroatoms. The smallest absolute Gasteiger partial charge is 0.220 e. The zero-order valence-electron chi connectivity index (χ0n) is 51.7. The molecule has 6 N–H and O–H groups in total. The molecule has 1 aliphatic heterocycles. The predicted octanol–water partition coefficient (Wildman–Crippen LogP) is 17.9. The third-order valence-corrected chi connectivity index (χ3v) is 15.1. The summed E-state index contributed by atoms with van der Waals surface area (Å²) in [6.45, 7) is 3.72. The van der Waals surface area contributed by atoms with Crippen molar-refractivity contribution >= 4 is 5.91 Å². The van der Waals surface area contributed by atoms with Crippen molar-refractivity contribution in [3.05, 3.63) is 122 Å². The van der Waals surface area contributed by atoms with Crippen LogP contribution in [0.4, 0.5) is 0 Å². The Labute approximate surface area is 497 Å². The molecule has 0 radical (unpaired) electrons. The van der Waals surface area contributed by atoms with E-state index >= 15 is 0 Å². The maximum absolute atomic E-state index is 13.1. The molecule has 7 atom stereocenters. The van der Waals surface area contributed by atoms with Crippen LogP contribution in [-0.2, 0) is 14.3 Å². The Balaban J connectivity index is 2.22. The highest BCUT2D eigenvalue weighted by molar-refractivity contribution is 5.76. The van der Waals surface area contributed by atoms with E-state index in [1.165, 1.54) is 141 Å². The third kappa shape index (κ3) is 48.6. The fourth-order valence-corrected chi connectivity index (χ4v) is 9.90. The Kier molecular flexibility index (Phi) is 55.8. The normalized spacial score (nSPS) is 19.2. The minimum Gasteiger partial charge on any atom is -0.394 e. The highest BCUT2D eigenvalue weighted by atomic mass is 16.7. The first-order valence-electron chi connectivity index (χ1n) is 33.2.